The van der Waals surface area contributed by atoms with Crippen LogP contribution in [0, 0.1) is 10.1 Å². The van der Waals surface area contributed by atoms with Crippen molar-refractivity contribution in [1.29, 1.82) is 0 Å². The van der Waals surface area contributed by atoms with Crippen molar-refractivity contribution in [2.75, 3.05) is 43.8 Å². The first-order chi connectivity index (χ1) is 20.7. The first-order valence-electron chi connectivity index (χ1n) is 13.1. The van der Waals surface area contributed by atoms with E-state index in [4.69, 9.17) is 13.9 Å². The Morgan fingerprint density at radius 1 is 1.05 bits per heavy atom. The normalized spacial score (nSPS) is 15.8. The zero-order valence-corrected chi connectivity index (χ0v) is 26.4. The van der Waals surface area contributed by atoms with Crippen molar-refractivity contribution < 1.29 is 50.3 Å². The van der Waals surface area contributed by atoms with Crippen LogP contribution in [0.2, 0.25) is 0 Å². The van der Waals surface area contributed by atoms with Gasteiger partial charge in [0.1, 0.15) is 23.9 Å². The Morgan fingerprint density at radius 3 is 2.20 bits per heavy atom. The number of nitro groups is 1. The zero-order chi connectivity index (χ0) is 32.5. The van der Waals surface area contributed by atoms with Crippen LogP contribution in [0.25, 0.3) is 0 Å². The summed E-state index contributed by atoms with van der Waals surface area (Å²) in [5, 5.41) is 22.6. The second-order valence-electron chi connectivity index (χ2n) is 9.83. The molecule has 1 N–H and O–H groups in total. The van der Waals surface area contributed by atoms with Gasteiger partial charge in [0.25, 0.3) is 0 Å². The molecule has 0 spiro atoms. The number of nitrogens with zero attached hydrogens (tertiary/aromatic N) is 2. The summed E-state index contributed by atoms with van der Waals surface area (Å²) >= 11 is 1.39. The third kappa shape index (κ3) is 10.7. The highest BCUT2D eigenvalue weighted by atomic mass is 32.2. The van der Waals surface area contributed by atoms with E-state index in [1.54, 1.807) is 17.0 Å². The molecular weight excluding hydrogens is 641 g/mol. The Labute approximate surface area is 258 Å². The summed E-state index contributed by atoms with van der Waals surface area (Å²) in [4.78, 5) is 39.8. The minimum atomic E-state index is -3.50. The van der Waals surface area contributed by atoms with Crippen molar-refractivity contribution in [1.82, 2.24) is 4.90 Å². The van der Waals surface area contributed by atoms with Gasteiger partial charge in [-0.25, -0.2) is 26.4 Å². The Bertz CT molecular complexity index is 1650. The summed E-state index contributed by atoms with van der Waals surface area (Å²) in [7, 11) is -6.99. The van der Waals surface area contributed by atoms with Gasteiger partial charge in [0.2, 0.25) is 0 Å². The number of esters is 2. The van der Waals surface area contributed by atoms with E-state index in [1.807, 2.05) is 11.4 Å². The van der Waals surface area contributed by atoms with E-state index in [0.29, 0.717) is 5.57 Å². The van der Waals surface area contributed by atoms with Crippen LogP contribution in [0.3, 0.4) is 0 Å². The van der Waals surface area contributed by atoms with Gasteiger partial charge >= 0.3 is 17.8 Å². The average Bonchev–Trinajstić information content (AvgIpc) is 3.61. The lowest BCUT2D eigenvalue weighted by molar-refractivity contribution is -0.402. The monoisotopic (exact) mass is 672 g/mol. The summed E-state index contributed by atoms with van der Waals surface area (Å²) in [6.07, 6.45) is 6.96. The van der Waals surface area contributed by atoms with E-state index in [1.165, 1.54) is 35.7 Å². The van der Waals surface area contributed by atoms with Gasteiger partial charge in [-0.15, -0.1) is 11.3 Å². The first-order valence-corrected chi connectivity index (χ1v) is 18.1. The van der Waals surface area contributed by atoms with Crippen LogP contribution < -0.4 is 0 Å². The number of allylic oxidation sites excluding steroid dienone is 2. The van der Waals surface area contributed by atoms with Crippen LogP contribution >= 0.6 is 11.3 Å². The Kier molecular flexibility index (Phi) is 12.0. The second-order valence-corrected chi connectivity index (χ2v) is 15.3. The van der Waals surface area contributed by atoms with Gasteiger partial charge in [0.05, 0.1) is 41.3 Å². The quantitative estimate of drug-likeness (QED) is 0.164. The van der Waals surface area contributed by atoms with Crippen LogP contribution in [0.4, 0.5) is 5.88 Å². The molecule has 0 amide bonds. The molecule has 2 aromatic heterocycles. The van der Waals surface area contributed by atoms with Gasteiger partial charge in [0, 0.05) is 30.2 Å². The summed E-state index contributed by atoms with van der Waals surface area (Å²) in [5.41, 5.74) is -0.121. The van der Waals surface area contributed by atoms with E-state index in [-0.39, 0.29) is 42.9 Å². The SMILES string of the molecule is CS(=O)(=O)CCOC(=O)C1=CC(CCCO)=CC(c2cccs2)N(Cc2ccc([N+](=O)[O-])o2)C=C1C(=O)OCCS(C)(=O)=O. The smallest absolute Gasteiger partial charge is 0.433 e. The average molecular weight is 673 g/mol. The molecular formula is C27H32N2O12S3. The molecule has 14 nitrogen and oxygen atoms in total. The van der Waals surface area contributed by atoms with E-state index < -0.39 is 73.2 Å². The standard InChI is InChI=1S/C27H32N2O12S3/c1-43(35,36)13-10-39-26(31)21-15-19(5-3-9-30)16-23(24-6-4-12-42-24)28(17-20-7-8-25(41-20)29(33)34)18-22(21)27(32)40-11-14-44(2,37)38/h4,6-8,12,15-16,18,23,30H,3,5,9-11,13-14,17H2,1-2H3. The molecule has 240 valence electrons. The highest BCUT2D eigenvalue weighted by molar-refractivity contribution is 7.90. The summed E-state index contributed by atoms with van der Waals surface area (Å²) in [6, 6.07) is 5.62. The summed E-state index contributed by atoms with van der Waals surface area (Å²) in [5.74, 6) is -3.41. The molecule has 0 aliphatic carbocycles. The number of hydrogen-bond acceptors (Lipinski definition) is 14. The number of furan rings is 1. The van der Waals surface area contributed by atoms with Crippen LogP contribution in [0.1, 0.15) is 29.5 Å². The lowest BCUT2D eigenvalue weighted by Gasteiger charge is -2.30. The number of ether oxygens (including phenoxy) is 2. The molecule has 3 rings (SSSR count). The Hall–Kier alpha value is -3.80. The minimum Gasteiger partial charge on any atom is -0.461 e. The number of carbonyl (C=O) groups is 2. The van der Waals surface area contributed by atoms with Gasteiger partial charge < -0.3 is 23.9 Å². The predicted molar refractivity (Wildman–Crippen MR) is 160 cm³/mol. The number of rotatable bonds is 15. The molecule has 0 bridgehead atoms. The molecule has 1 unspecified atom stereocenters. The number of thiophene rings is 1. The van der Waals surface area contributed by atoms with Gasteiger partial charge in [-0.2, -0.15) is 0 Å². The van der Waals surface area contributed by atoms with Gasteiger partial charge in [-0.1, -0.05) is 12.1 Å². The van der Waals surface area contributed by atoms with Crippen LogP contribution in [-0.4, -0.2) is 87.5 Å². The fourth-order valence-corrected chi connectivity index (χ4v) is 5.59. The van der Waals surface area contributed by atoms with Crippen molar-refractivity contribution in [3.05, 3.63) is 85.5 Å². The molecule has 0 saturated heterocycles. The van der Waals surface area contributed by atoms with Crippen molar-refractivity contribution in [3.8, 4) is 0 Å². The topological polar surface area (TPSA) is 201 Å². The molecule has 1 aliphatic heterocycles. The fourth-order valence-electron chi connectivity index (χ4n) is 4.00. The maximum absolute atomic E-state index is 13.5. The number of carbonyl (C=O) groups excluding carboxylic acids is 2. The van der Waals surface area contributed by atoms with Gasteiger partial charge in [-0.05, 0) is 42.0 Å². The van der Waals surface area contributed by atoms with E-state index in [0.717, 1.165) is 17.4 Å². The van der Waals surface area contributed by atoms with Crippen molar-refractivity contribution in [2.24, 2.45) is 0 Å². The number of sulfone groups is 2. The second kappa shape index (κ2) is 15.3. The van der Waals surface area contributed by atoms with Gasteiger partial charge in [-0.3, -0.25) is 10.1 Å². The zero-order valence-electron chi connectivity index (χ0n) is 23.9. The van der Waals surface area contributed by atoms with Gasteiger partial charge in [0.15, 0.2) is 19.7 Å². The number of aliphatic hydroxyl groups excluding tert-OH is 1. The lowest BCUT2D eigenvalue weighted by Crippen LogP contribution is -2.28. The molecule has 17 heteroatoms. The van der Waals surface area contributed by atoms with Crippen LogP contribution in [0.15, 0.2) is 69.1 Å². The summed E-state index contributed by atoms with van der Waals surface area (Å²) < 4.78 is 62.3. The number of hydrogen-bond donors (Lipinski definition) is 1. The Morgan fingerprint density at radius 2 is 1.68 bits per heavy atom. The molecule has 3 heterocycles. The largest absolute Gasteiger partial charge is 0.461 e. The first kappa shape index (κ1) is 34.7. The molecule has 1 atom stereocenters. The van der Waals surface area contributed by atoms with Crippen LogP contribution in [-0.2, 0) is 45.3 Å². The molecule has 0 radical (unpaired) electrons. The van der Waals surface area contributed by atoms with Crippen molar-refractivity contribution in [3.63, 3.8) is 0 Å². The highest BCUT2D eigenvalue weighted by Gasteiger charge is 2.30. The minimum absolute atomic E-state index is 0.114. The third-order valence-corrected chi connectivity index (χ3v) is 8.84. The molecule has 44 heavy (non-hydrogen) atoms. The van der Waals surface area contributed by atoms with E-state index in [2.05, 4.69) is 0 Å². The fraction of sp³-hybridized carbons (Fsp3) is 0.407. The lowest BCUT2D eigenvalue weighted by atomic mass is 9.96. The predicted octanol–water partition coefficient (Wildman–Crippen LogP) is 2.49. The maximum Gasteiger partial charge on any atom is 0.433 e. The highest BCUT2D eigenvalue weighted by Crippen LogP contribution is 2.35. The molecule has 0 fully saturated rings. The molecule has 2 aromatic rings. The Balaban J connectivity index is 2.17. The van der Waals surface area contributed by atoms with Crippen LogP contribution in [0.5, 0.6) is 0 Å². The number of aliphatic hydroxyl groups is 1. The maximum atomic E-state index is 13.5. The van der Waals surface area contributed by atoms with Crippen molar-refractivity contribution in [2.45, 2.75) is 25.4 Å². The molecule has 0 saturated carbocycles. The van der Waals surface area contributed by atoms with Crippen molar-refractivity contribution >= 4 is 48.8 Å². The summed E-state index contributed by atoms with van der Waals surface area (Å²) in [6.45, 7) is -1.31. The van der Waals surface area contributed by atoms with E-state index >= 15 is 0 Å². The van der Waals surface area contributed by atoms with E-state index in [9.17, 15) is 41.6 Å². The third-order valence-electron chi connectivity index (χ3n) is 6.08. The molecule has 1 aliphatic rings. The molecule has 0 aromatic carbocycles.